The number of carbonyl (C=O) groups excluding carboxylic acids is 1. The summed E-state index contributed by atoms with van der Waals surface area (Å²) < 4.78 is 46.9. The predicted molar refractivity (Wildman–Crippen MR) is 179 cm³/mol. The topological polar surface area (TPSA) is 139 Å². The molecule has 0 radical (unpaired) electrons. The highest BCUT2D eigenvalue weighted by atomic mass is 35.5. The smallest absolute Gasteiger partial charge is 0.407 e. The fourth-order valence-electron chi connectivity index (χ4n) is 6.76. The third-order valence-electron chi connectivity index (χ3n) is 9.02. The van der Waals surface area contributed by atoms with Crippen LogP contribution in [-0.4, -0.2) is 82.4 Å². The quantitative estimate of drug-likeness (QED) is 0.270. The number of aryl methyl sites for hydroxylation is 1. The Morgan fingerprint density at radius 2 is 1.65 bits per heavy atom. The summed E-state index contributed by atoms with van der Waals surface area (Å²) in [4.78, 5) is 35.6. The first-order valence-electron chi connectivity index (χ1n) is 14.9. The molecule has 0 spiro atoms. The number of hydrogen-bond acceptors (Lipinski definition) is 9. The lowest BCUT2D eigenvalue weighted by atomic mass is 9.68. The van der Waals surface area contributed by atoms with Crippen molar-refractivity contribution in [1.82, 2.24) is 9.88 Å². The van der Waals surface area contributed by atoms with Crippen LogP contribution < -0.4 is 23.4 Å². The lowest BCUT2D eigenvalue weighted by Gasteiger charge is -2.48. The second-order valence-electron chi connectivity index (χ2n) is 11.4. The molecule has 1 fully saturated rings. The molecule has 2 aliphatic heterocycles. The van der Waals surface area contributed by atoms with Crippen LogP contribution in [0.25, 0.3) is 0 Å². The van der Waals surface area contributed by atoms with E-state index in [2.05, 4.69) is 4.98 Å². The van der Waals surface area contributed by atoms with Gasteiger partial charge in [-0.2, -0.15) is 0 Å². The van der Waals surface area contributed by atoms with Crippen molar-refractivity contribution < 1.29 is 37.3 Å². The molecule has 48 heavy (non-hydrogen) atoms. The number of fused-ring (bicyclic) bond motifs is 1. The number of aromatic nitrogens is 1. The Hall–Kier alpha value is -5.01. The number of methoxy groups -OCH3 is 3. The monoisotopic (exact) mass is 692 g/mol. The molecule has 3 heterocycles. The Morgan fingerprint density at radius 1 is 0.938 bits per heavy atom. The summed E-state index contributed by atoms with van der Waals surface area (Å²) in [6, 6.07) is 16.4. The van der Waals surface area contributed by atoms with E-state index < -0.39 is 33.5 Å². The van der Waals surface area contributed by atoms with E-state index in [1.807, 2.05) is 4.90 Å². The Kier molecular flexibility index (Phi) is 8.60. The van der Waals surface area contributed by atoms with Crippen molar-refractivity contribution in [1.29, 1.82) is 0 Å². The lowest BCUT2D eigenvalue weighted by molar-refractivity contribution is -0.122. The highest BCUT2D eigenvalue weighted by Crippen LogP contribution is 2.55. The number of piperazine rings is 1. The van der Waals surface area contributed by atoms with Crippen LogP contribution in [0.5, 0.6) is 17.2 Å². The highest BCUT2D eigenvalue weighted by molar-refractivity contribution is 7.93. The van der Waals surface area contributed by atoms with E-state index >= 15 is 4.79 Å². The molecule has 250 valence electrons. The van der Waals surface area contributed by atoms with Crippen molar-refractivity contribution >= 4 is 45.0 Å². The normalized spacial score (nSPS) is 19.2. The summed E-state index contributed by atoms with van der Waals surface area (Å²) in [6.45, 7) is 2.05. The summed E-state index contributed by atoms with van der Waals surface area (Å²) in [5, 5.41) is 10.9. The van der Waals surface area contributed by atoms with Gasteiger partial charge in [0.2, 0.25) is 0 Å². The Balaban J connectivity index is 1.69. The van der Waals surface area contributed by atoms with Crippen molar-refractivity contribution in [2.24, 2.45) is 0 Å². The minimum atomic E-state index is -4.71. The van der Waals surface area contributed by atoms with Gasteiger partial charge in [-0.15, -0.1) is 0 Å². The molecule has 2 unspecified atom stereocenters. The van der Waals surface area contributed by atoms with Gasteiger partial charge in [-0.1, -0.05) is 29.8 Å². The van der Waals surface area contributed by atoms with E-state index in [1.54, 1.807) is 61.8 Å². The second kappa shape index (κ2) is 12.5. The van der Waals surface area contributed by atoms with Crippen LogP contribution in [0.2, 0.25) is 5.02 Å². The fraction of sp³-hybridized carbons (Fsp3) is 0.265. The summed E-state index contributed by atoms with van der Waals surface area (Å²) in [5.41, 5.74) is -0.136. The molecule has 1 N–H and O–H groups in total. The Labute approximate surface area is 283 Å². The van der Waals surface area contributed by atoms with Gasteiger partial charge in [0.15, 0.2) is 0 Å². The van der Waals surface area contributed by atoms with Gasteiger partial charge in [-0.05, 0) is 55.0 Å². The third kappa shape index (κ3) is 5.04. The minimum Gasteiger partial charge on any atom is -0.497 e. The molecule has 1 aromatic heterocycles. The number of pyridine rings is 1. The maximum atomic E-state index is 15.6. The van der Waals surface area contributed by atoms with Crippen molar-refractivity contribution in [2.45, 2.75) is 23.3 Å². The number of anilines is 2. The van der Waals surface area contributed by atoms with Gasteiger partial charge in [0, 0.05) is 59.9 Å². The van der Waals surface area contributed by atoms with Crippen LogP contribution >= 0.6 is 11.6 Å². The Bertz CT molecular complexity index is 2010. The van der Waals surface area contributed by atoms with Gasteiger partial charge >= 0.3 is 6.09 Å². The molecule has 14 heteroatoms. The van der Waals surface area contributed by atoms with Gasteiger partial charge in [0.25, 0.3) is 15.9 Å². The number of benzene rings is 3. The number of hydrogen-bond donors (Lipinski definition) is 1. The van der Waals surface area contributed by atoms with Gasteiger partial charge in [-0.25, -0.2) is 17.5 Å². The number of amides is 2. The van der Waals surface area contributed by atoms with E-state index in [-0.39, 0.29) is 51.3 Å². The van der Waals surface area contributed by atoms with E-state index in [0.717, 1.165) is 9.99 Å². The minimum absolute atomic E-state index is 0.0144. The van der Waals surface area contributed by atoms with E-state index in [0.29, 0.717) is 17.9 Å². The van der Waals surface area contributed by atoms with Crippen molar-refractivity contribution in [3.8, 4) is 17.2 Å². The molecule has 4 aromatic rings. The number of para-hydroxylation sites is 1. The molecule has 2 atom stereocenters. The third-order valence-corrected chi connectivity index (χ3v) is 11.2. The van der Waals surface area contributed by atoms with E-state index in [9.17, 15) is 18.3 Å². The Morgan fingerprint density at radius 3 is 2.31 bits per heavy atom. The molecular formula is C34H33ClN4O8S. The van der Waals surface area contributed by atoms with Crippen molar-refractivity contribution in [2.75, 3.05) is 50.2 Å². The zero-order chi connectivity index (χ0) is 34.4. The van der Waals surface area contributed by atoms with Crippen LogP contribution in [0.4, 0.5) is 16.2 Å². The van der Waals surface area contributed by atoms with Gasteiger partial charge < -0.3 is 29.1 Å². The van der Waals surface area contributed by atoms with Crippen LogP contribution in [-0.2, 0) is 20.2 Å². The molecule has 0 bridgehead atoms. The predicted octanol–water partition coefficient (Wildman–Crippen LogP) is 4.96. The van der Waals surface area contributed by atoms with Gasteiger partial charge in [-0.3, -0.25) is 9.78 Å². The average molecular weight is 693 g/mol. The number of ether oxygens (including phenoxy) is 3. The average Bonchev–Trinajstić information content (AvgIpc) is 3.35. The number of halogens is 1. The molecular weight excluding hydrogens is 660 g/mol. The van der Waals surface area contributed by atoms with Crippen molar-refractivity contribution in [3.05, 3.63) is 101 Å². The molecule has 2 aliphatic rings. The van der Waals surface area contributed by atoms with E-state index in [4.69, 9.17) is 25.8 Å². The summed E-state index contributed by atoms with van der Waals surface area (Å²) >= 11 is 6.76. The van der Waals surface area contributed by atoms with Crippen LogP contribution in [0, 0.1) is 6.92 Å². The van der Waals surface area contributed by atoms with Crippen LogP contribution in [0.15, 0.2) is 84.0 Å². The van der Waals surface area contributed by atoms with Crippen LogP contribution in [0.3, 0.4) is 0 Å². The first kappa shape index (κ1) is 32.9. The molecule has 6 rings (SSSR count). The summed E-state index contributed by atoms with van der Waals surface area (Å²) in [6.07, 6.45) is 1.98. The molecule has 1 saturated heterocycles. The van der Waals surface area contributed by atoms with Gasteiger partial charge in [0.1, 0.15) is 27.6 Å². The zero-order valence-corrected chi connectivity index (χ0v) is 28.2. The second-order valence-corrected chi connectivity index (χ2v) is 13.5. The summed E-state index contributed by atoms with van der Waals surface area (Å²) in [7, 11) is -0.520. The SMILES string of the molecule is COc1ccc(S(=O)(=O)N2C(=O)C(c3ccccc3OC)(C3CN(c4ccncc4)CCN3C(=O)O)c3cc(Cl)c(C)cc32)c(OC)c1. The van der Waals surface area contributed by atoms with Crippen molar-refractivity contribution in [3.63, 3.8) is 0 Å². The number of rotatable bonds is 8. The molecule has 0 saturated carbocycles. The van der Waals surface area contributed by atoms with Gasteiger partial charge in [0.05, 0.1) is 33.1 Å². The maximum Gasteiger partial charge on any atom is 0.407 e. The molecule has 0 aliphatic carbocycles. The first-order valence-corrected chi connectivity index (χ1v) is 16.7. The standard InChI is InChI=1S/C34H33ClN4O8S/c1-21-17-27-25(19-26(21)35)34(24-7-5-6-8-28(24)46-3,31-20-37(15-16-38(31)33(41)42)22-11-13-36-14-12-22)32(40)39(27)48(43,44)30-10-9-23(45-2)18-29(30)47-4/h5-14,17-19,31H,15-16,20H2,1-4H3,(H,41,42). The zero-order valence-electron chi connectivity index (χ0n) is 26.6. The number of carboxylic acid groups (broad SMARTS) is 1. The molecule has 3 aromatic carbocycles. The number of sulfonamides is 1. The first-order chi connectivity index (χ1) is 23.0. The largest absolute Gasteiger partial charge is 0.497 e. The molecule has 12 nitrogen and oxygen atoms in total. The number of nitrogens with zero attached hydrogens (tertiary/aromatic N) is 4. The molecule has 2 amide bonds. The van der Waals surface area contributed by atoms with E-state index in [1.165, 1.54) is 50.5 Å². The summed E-state index contributed by atoms with van der Waals surface area (Å²) in [5.74, 6) is -0.325. The van der Waals surface area contributed by atoms with Crippen LogP contribution in [0.1, 0.15) is 16.7 Å². The lowest BCUT2D eigenvalue weighted by Crippen LogP contribution is -2.66. The highest BCUT2D eigenvalue weighted by Gasteiger charge is 2.64. The maximum absolute atomic E-state index is 15.6. The fourth-order valence-corrected chi connectivity index (χ4v) is 8.53. The number of carbonyl (C=O) groups is 2.